The van der Waals surface area contributed by atoms with Crippen LogP contribution in [0.5, 0.6) is 0 Å². The van der Waals surface area contributed by atoms with Gasteiger partial charge in [0.25, 0.3) is 5.91 Å². The first-order valence-electron chi connectivity index (χ1n) is 6.32. The Balaban J connectivity index is 2.42. The molecule has 104 valence electrons. The second-order valence-electron chi connectivity index (χ2n) is 4.90. The van der Waals surface area contributed by atoms with E-state index in [2.05, 4.69) is 0 Å². The number of primary sulfonamides is 1. The number of rotatable bonds is 2. The Hall–Kier alpha value is -1.40. The van der Waals surface area contributed by atoms with Gasteiger partial charge in [0.15, 0.2) is 0 Å². The first-order chi connectivity index (χ1) is 8.89. The first kappa shape index (κ1) is 14.0. The molecular weight excluding hydrogens is 264 g/mol. The molecule has 0 aromatic heterocycles. The number of carbonyl (C=O) groups excluding carboxylic acids is 1. The minimum atomic E-state index is -3.88. The number of carbonyl (C=O) groups is 1. The topological polar surface area (TPSA) is 80.5 Å². The lowest BCUT2D eigenvalue weighted by Crippen LogP contribution is -2.36. The van der Waals surface area contributed by atoms with E-state index in [4.69, 9.17) is 5.14 Å². The number of likely N-dealkylation sites (tertiary alicyclic amines) is 1. The number of benzene rings is 1. The molecule has 1 aromatic rings. The normalized spacial score (nSPS) is 16.4. The highest BCUT2D eigenvalue weighted by Crippen LogP contribution is 2.20. The van der Waals surface area contributed by atoms with Crippen molar-refractivity contribution in [2.24, 2.45) is 5.14 Å². The van der Waals surface area contributed by atoms with Crippen molar-refractivity contribution in [3.8, 4) is 0 Å². The standard InChI is InChI=1S/C13H18N2O3S/c1-10-5-6-12(19(14,17)18)11(9-10)13(16)15-7-3-2-4-8-15/h5-6,9H,2-4,7-8H2,1H3,(H2,14,17,18). The molecule has 2 N–H and O–H groups in total. The average Bonchev–Trinajstić information content (AvgIpc) is 2.37. The second kappa shape index (κ2) is 5.30. The van der Waals surface area contributed by atoms with E-state index in [1.807, 2.05) is 6.92 Å². The van der Waals surface area contributed by atoms with Gasteiger partial charge < -0.3 is 4.90 Å². The van der Waals surface area contributed by atoms with E-state index in [0.29, 0.717) is 13.1 Å². The van der Waals surface area contributed by atoms with Crippen molar-refractivity contribution in [3.05, 3.63) is 29.3 Å². The van der Waals surface area contributed by atoms with E-state index in [-0.39, 0.29) is 16.4 Å². The highest BCUT2D eigenvalue weighted by Gasteiger charge is 2.24. The average molecular weight is 282 g/mol. The quantitative estimate of drug-likeness (QED) is 0.887. The molecule has 1 aliphatic rings. The van der Waals surface area contributed by atoms with Gasteiger partial charge in [0.2, 0.25) is 10.0 Å². The molecule has 0 aliphatic carbocycles. The van der Waals surface area contributed by atoms with Gasteiger partial charge in [0.1, 0.15) is 0 Å². The lowest BCUT2D eigenvalue weighted by atomic mass is 10.1. The molecule has 1 amide bonds. The molecule has 1 saturated heterocycles. The summed E-state index contributed by atoms with van der Waals surface area (Å²) in [7, 11) is -3.88. The minimum absolute atomic E-state index is 0.0892. The fourth-order valence-corrected chi connectivity index (χ4v) is 3.04. The monoisotopic (exact) mass is 282 g/mol. The maximum absolute atomic E-state index is 12.4. The molecule has 0 spiro atoms. The molecular formula is C13H18N2O3S. The minimum Gasteiger partial charge on any atom is -0.339 e. The zero-order chi connectivity index (χ0) is 14.0. The van der Waals surface area contributed by atoms with Crippen LogP contribution in [0.3, 0.4) is 0 Å². The summed E-state index contributed by atoms with van der Waals surface area (Å²) in [4.78, 5) is 14.0. The number of piperidine rings is 1. The molecule has 2 rings (SSSR count). The Morgan fingerprint density at radius 1 is 1.21 bits per heavy atom. The van der Waals surface area contributed by atoms with Gasteiger partial charge in [-0.25, -0.2) is 13.6 Å². The predicted octanol–water partition coefficient (Wildman–Crippen LogP) is 1.27. The van der Waals surface area contributed by atoms with Crippen LogP contribution >= 0.6 is 0 Å². The number of amides is 1. The van der Waals surface area contributed by atoms with Gasteiger partial charge in [-0.3, -0.25) is 4.79 Å². The number of hydrogen-bond acceptors (Lipinski definition) is 3. The molecule has 5 nitrogen and oxygen atoms in total. The van der Waals surface area contributed by atoms with Crippen LogP contribution in [0.4, 0.5) is 0 Å². The zero-order valence-electron chi connectivity index (χ0n) is 10.9. The third-order valence-electron chi connectivity index (χ3n) is 3.32. The van der Waals surface area contributed by atoms with Crippen LogP contribution in [0.2, 0.25) is 0 Å². The summed E-state index contributed by atoms with van der Waals surface area (Å²) >= 11 is 0. The Labute approximate surface area is 113 Å². The van der Waals surface area contributed by atoms with Gasteiger partial charge in [-0.1, -0.05) is 11.6 Å². The van der Waals surface area contributed by atoms with Gasteiger partial charge in [0.05, 0.1) is 10.5 Å². The summed E-state index contributed by atoms with van der Waals surface area (Å²) in [5.41, 5.74) is 1.03. The maximum Gasteiger partial charge on any atom is 0.255 e. The van der Waals surface area contributed by atoms with Crippen molar-refractivity contribution in [1.82, 2.24) is 4.90 Å². The third kappa shape index (κ3) is 3.13. The molecule has 0 bridgehead atoms. The Morgan fingerprint density at radius 3 is 2.42 bits per heavy atom. The Morgan fingerprint density at radius 2 is 1.84 bits per heavy atom. The van der Waals surface area contributed by atoms with E-state index in [1.54, 1.807) is 17.0 Å². The van der Waals surface area contributed by atoms with E-state index in [1.165, 1.54) is 6.07 Å². The Bertz CT molecular complexity index is 590. The van der Waals surface area contributed by atoms with Crippen LogP contribution in [-0.2, 0) is 10.0 Å². The molecule has 19 heavy (non-hydrogen) atoms. The van der Waals surface area contributed by atoms with Gasteiger partial charge in [0, 0.05) is 13.1 Å². The van der Waals surface area contributed by atoms with Crippen LogP contribution in [-0.4, -0.2) is 32.3 Å². The SMILES string of the molecule is Cc1ccc(S(N)(=O)=O)c(C(=O)N2CCCCC2)c1. The Kier molecular flexibility index (Phi) is 3.91. The van der Waals surface area contributed by atoms with Crippen molar-refractivity contribution >= 4 is 15.9 Å². The van der Waals surface area contributed by atoms with Crippen molar-refractivity contribution in [3.63, 3.8) is 0 Å². The lowest BCUT2D eigenvalue weighted by molar-refractivity contribution is 0.0720. The van der Waals surface area contributed by atoms with Crippen molar-refractivity contribution < 1.29 is 13.2 Å². The summed E-state index contributed by atoms with van der Waals surface area (Å²) < 4.78 is 23.1. The van der Waals surface area contributed by atoms with Crippen LogP contribution in [0.15, 0.2) is 23.1 Å². The maximum atomic E-state index is 12.4. The van der Waals surface area contributed by atoms with Gasteiger partial charge in [-0.15, -0.1) is 0 Å². The largest absolute Gasteiger partial charge is 0.339 e. The molecule has 1 heterocycles. The fraction of sp³-hybridized carbons (Fsp3) is 0.462. The van der Waals surface area contributed by atoms with Crippen LogP contribution in [0.25, 0.3) is 0 Å². The van der Waals surface area contributed by atoms with E-state index < -0.39 is 10.0 Å². The van der Waals surface area contributed by atoms with E-state index >= 15 is 0 Å². The summed E-state index contributed by atoms with van der Waals surface area (Å²) in [6.45, 7) is 3.17. The molecule has 0 radical (unpaired) electrons. The highest BCUT2D eigenvalue weighted by molar-refractivity contribution is 7.89. The molecule has 0 saturated carbocycles. The summed E-state index contributed by atoms with van der Waals surface area (Å²) in [5.74, 6) is -0.243. The number of hydrogen-bond donors (Lipinski definition) is 1. The second-order valence-corrected chi connectivity index (χ2v) is 6.43. The molecule has 1 aromatic carbocycles. The fourth-order valence-electron chi connectivity index (χ4n) is 2.33. The zero-order valence-corrected chi connectivity index (χ0v) is 11.7. The third-order valence-corrected chi connectivity index (χ3v) is 4.28. The molecule has 1 aliphatic heterocycles. The summed E-state index contributed by atoms with van der Waals surface area (Å²) in [6, 6.07) is 4.64. The smallest absolute Gasteiger partial charge is 0.255 e. The number of nitrogens with two attached hydrogens (primary N) is 1. The van der Waals surface area contributed by atoms with Crippen molar-refractivity contribution in [2.45, 2.75) is 31.1 Å². The van der Waals surface area contributed by atoms with Gasteiger partial charge >= 0.3 is 0 Å². The molecule has 1 fully saturated rings. The number of nitrogens with zero attached hydrogens (tertiary/aromatic N) is 1. The molecule has 0 unspecified atom stereocenters. The molecule has 0 atom stereocenters. The van der Waals surface area contributed by atoms with E-state index in [9.17, 15) is 13.2 Å². The lowest BCUT2D eigenvalue weighted by Gasteiger charge is -2.27. The molecule has 6 heteroatoms. The number of sulfonamides is 1. The van der Waals surface area contributed by atoms with Crippen LogP contribution in [0.1, 0.15) is 35.2 Å². The van der Waals surface area contributed by atoms with Gasteiger partial charge in [-0.2, -0.15) is 0 Å². The van der Waals surface area contributed by atoms with Gasteiger partial charge in [-0.05, 0) is 38.3 Å². The number of aryl methyl sites for hydroxylation is 1. The summed E-state index contributed by atoms with van der Waals surface area (Å²) in [5, 5.41) is 5.18. The van der Waals surface area contributed by atoms with Crippen LogP contribution < -0.4 is 5.14 Å². The predicted molar refractivity (Wildman–Crippen MR) is 72.3 cm³/mol. The highest BCUT2D eigenvalue weighted by atomic mass is 32.2. The van der Waals surface area contributed by atoms with Crippen LogP contribution in [0, 0.1) is 6.92 Å². The first-order valence-corrected chi connectivity index (χ1v) is 7.87. The van der Waals surface area contributed by atoms with Crippen molar-refractivity contribution in [2.75, 3.05) is 13.1 Å². The summed E-state index contributed by atoms with van der Waals surface area (Å²) in [6.07, 6.45) is 3.03. The van der Waals surface area contributed by atoms with E-state index in [0.717, 1.165) is 24.8 Å². The van der Waals surface area contributed by atoms with Crippen molar-refractivity contribution in [1.29, 1.82) is 0 Å².